The van der Waals surface area contributed by atoms with Gasteiger partial charge in [-0.1, -0.05) is 12.1 Å². The van der Waals surface area contributed by atoms with Crippen molar-refractivity contribution in [2.24, 2.45) is 5.84 Å². The van der Waals surface area contributed by atoms with Gasteiger partial charge in [-0.05, 0) is 36.6 Å². The molecule has 0 atom stereocenters. The van der Waals surface area contributed by atoms with Gasteiger partial charge in [-0.3, -0.25) is 9.59 Å². The fraction of sp³-hybridized carbons (Fsp3) is 0.111. The normalized spacial score (nSPS) is 11.4. The maximum absolute atomic E-state index is 12.5. The van der Waals surface area contributed by atoms with Gasteiger partial charge in [0.15, 0.2) is 11.6 Å². The van der Waals surface area contributed by atoms with Crippen LogP contribution in [0.2, 0.25) is 0 Å². The molecule has 0 unspecified atom stereocenters. The number of aromatic nitrogens is 2. The van der Waals surface area contributed by atoms with Gasteiger partial charge in [0.05, 0.1) is 12.0 Å². The number of benzene rings is 1. The zero-order valence-electron chi connectivity index (χ0n) is 14.2. The van der Waals surface area contributed by atoms with Crippen LogP contribution in [0.25, 0.3) is 21.6 Å². The van der Waals surface area contributed by atoms with E-state index in [2.05, 4.69) is 9.97 Å². The Kier molecular flexibility index (Phi) is 5.06. The number of nitrogens with zero attached hydrogens (tertiary/aromatic N) is 3. The first-order chi connectivity index (χ1) is 12.6. The Bertz CT molecular complexity index is 999. The second-order valence-electron chi connectivity index (χ2n) is 5.37. The van der Waals surface area contributed by atoms with Crippen molar-refractivity contribution in [3.63, 3.8) is 0 Å². The van der Waals surface area contributed by atoms with E-state index in [4.69, 9.17) is 10.6 Å². The molecule has 26 heavy (non-hydrogen) atoms. The monoisotopic (exact) mass is 368 g/mol. The molecule has 0 saturated carbocycles. The third-order valence-corrected chi connectivity index (χ3v) is 4.60. The van der Waals surface area contributed by atoms with Crippen molar-refractivity contribution >= 4 is 40.3 Å². The van der Waals surface area contributed by atoms with Gasteiger partial charge in [-0.15, -0.1) is 11.3 Å². The lowest BCUT2D eigenvalue weighted by atomic mass is 10.2. The van der Waals surface area contributed by atoms with E-state index in [0.29, 0.717) is 28.8 Å². The summed E-state index contributed by atoms with van der Waals surface area (Å²) in [5, 5.41) is 3.41. The summed E-state index contributed by atoms with van der Waals surface area (Å²) in [5.74, 6) is 6.74. The summed E-state index contributed by atoms with van der Waals surface area (Å²) in [4.78, 5) is 33.1. The van der Waals surface area contributed by atoms with Crippen LogP contribution < -0.4 is 15.6 Å². The minimum absolute atomic E-state index is 0.204. The van der Waals surface area contributed by atoms with E-state index in [-0.39, 0.29) is 11.4 Å². The number of carbonyl (C=O) groups excluding carboxylic acids is 2. The van der Waals surface area contributed by atoms with Crippen molar-refractivity contribution < 1.29 is 14.3 Å². The number of anilines is 1. The van der Waals surface area contributed by atoms with Crippen molar-refractivity contribution in [3.05, 3.63) is 47.4 Å². The minimum atomic E-state index is -0.531. The van der Waals surface area contributed by atoms with Crippen LogP contribution >= 0.6 is 11.3 Å². The number of rotatable bonds is 5. The molecule has 0 spiro atoms. The maximum Gasteiger partial charge on any atom is 0.269 e. The summed E-state index contributed by atoms with van der Waals surface area (Å²) in [5.41, 5.74) is 0.749. The Morgan fingerprint density at radius 3 is 2.73 bits per heavy atom. The van der Waals surface area contributed by atoms with Gasteiger partial charge in [-0.25, -0.2) is 20.8 Å². The van der Waals surface area contributed by atoms with Crippen LogP contribution in [-0.2, 0) is 9.59 Å². The van der Waals surface area contributed by atoms with Crippen molar-refractivity contribution in [2.75, 3.05) is 12.1 Å². The van der Waals surface area contributed by atoms with Crippen molar-refractivity contribution in [1.82, 2.24) is 9.97 Å². The Balaban J connectivity index is 2.24. The Morgan fingerprint density at radius 1 is 1.27 bits per heavy atom. The van der Waals surface area contributed by atoms with E-state index in [1.165, 1.54) is 18.3 Å². The van der Waals surface area contributed by atoms with Crippen LogP contribution in [0.15, 0.2) is 47.4 Å². The van der Waals surface area contributed by atoms with Gasteiger partial charge < -0.3 is 4.74 Å². The fourth-order valence-electron chi connectivity index (χ4n) is 2.43. The van der Waals surface area contributed by atoms with Crippen molar-refractivity contribution in [1.29, 1.82) is 0 Å². The van der Waals surface area contributed by atoms with Crippen LogP contribution in [0.1, 0.15) is 6.92 Å². The minimum Gasteiger partial charge on any atom is -0.494 e. The van der Waals surface area contributed by atoms with Crippen LogP contribution in [0.3, 0.4) is 0 Å². The first-order valence-corrected chi connectivity index (χ1v) is 8.54. The van der Waals surface area contributed by atoms with Crippen LogP contribution in [-0.4, -0.2) is 29.3 Å². The predicted molar refractivity (Wildman–Crippen MR) is 101 cm³/mol. The number of ether oxygens (including phenoxy) is 1. The topological polar surface area (TPSA) is 98.4 Å². The van der Waals surface area contributed by atoms with E-state index >= 15 is 0 Å². The Hall–Kier alpha value is -3.10. The number of amides is 1. The summed E-state index contributed by atoms with van der Waals surface area (Å²) < 4.78 is 5.39. The number of para-hydroxylation sites is 1. The second-order valence-corrected chi connectivity index (χ2v) is 6.31. The van der Waals surface area contributed by atoms with Crippen LogP contribution in [0.5, 0.6) is 5.75 Å². The number of hydrazine groups is 1. The molecule has 2 N–H and O–H groups in total. The largest absolute Gasteiger partial charge is 0.494 e. The number of methoxy groups -OCH3 is 1. The molecule has 2 heterocycles. The summed E-state index contributed by atoms with van der Waals surface area (Å²) in [6.45, 7) is 1.51. The highest BCUT2D eigenvalue weighted by molar-refractivity contribution is 7.13. The standard InChI is InChI=1S/C18H16N4O3S/c1-11(8-9-23)18(24)22(19)17-12-5-3-6-13(25-2)15(12)20-16(21-17)14-7-4-10-26-14/h3-10H,19H2,1-2H3/b11-8-. The number of hydrogen-bond donors (Lipinski definition) is 1. The van der Waals surface area contributed by atoms with E-state index in [0.717, 1.165) is 16.0 Å². The van der Waals surface area contributed by atoms with Gasteiger partial charge >= 0.3 is 0 Å². The SMILES string of the molecule is COc1cccc2c(N(N)C(=O)/C(C)=C\C=O)nc(-c3cccs3)nc12. The zero-order valence-corrected chi connectivity index (χ0v) is 15.0. The number of hydrogen-bond acceptors (Lipinski definition) is 7. The number of aldehydes is 1. The summed E-state index contributed by atoms with van der Waals surface area (Å²) in [6.07, 6.45) is 1.70. The second kappa shape index (κ2) is 7.42. The van der Waals surface area contributed by atoms with Gasteiger partial charge in [0.25, 0.3) is 5.91 Å². The molecular weight excluding hydrogens is 352 g/mol. The van der Waals surface area contributed by atoms with Crippen LogP contribution in [0.4, 0.5) is 5.82 Å². The molecule has 0 aliphatic rings. The van der Waals surface area contributed by atoms with Crippen LogP contribution in [0, 0.1) is 0 Å². The molecule has 1 amide bonds. The molecule has 0 radical (unpaired) electrons. The fourth-order valence-corrected chi connectivity index (χ4v) is 3.09. The number of carbonyl (C=O) groups is 2. The lowest BCUT2D eigenvalue weighted by Crippen LogP contribution is -2.39. The molecule has 8 heteroatoms. The molecule has 0 aliphatic carbocycles. The molecule has 2 aromatic heterocycles. The first kappa shape index (κ1) is 17.7. The van der Waals surface area contributed by atoms with Gasteiger partial charge in [0.2, 0.25) is 0 Å². The molecule has 1 aromatic carbocycles. The average Bonchev–Trinajstić information content (AvgIpc) is 3.20. The first-order valence-electron chi connectivity index (χ1n) is 7.66. The van der Waals surface area contributed by atoms with E-state index in [1.807, 2.05) is 17.5 Å². The average molecular weight is 368 g/mol. The number of fused-ring (bicyclic) bond motifs is 1. The third kappa shape index (κ3) is 3.19. The number of thiophene rings is 1. The smallest absolute Gasteiger partial charge is 0.269 e. The van der Waals surface area contributed by atoms with Gasteiger partial charge in [0.1, 0.15) is 17.6 Å². The zero-order chi connectivity index (χ0) is 18.7. The molecule has 132 valence electrons. The molecule has 7 nitrogen and oxygen atoms in total. The molecule has 3 aromatic rings. The maximum atomic E-state index is 12.5. The van der Waals surface area contributed by atoms with Crippen molar-refractivity contribution in [2.45, 2.75) is 6.92 Å². The molecular formula is C18H16N4O3S. The summed E-state index contributed by atoms with van der Waals surface area (Å²) >= 11 is 1.47. The van der Waals surface area contributed by atoms with Gasteiger partial charge in [0, 0.05) is 11.0 Å². The molecule has 0 fully saturated rings. The Labute approximate surface area is 153 Å². The van der Waals surface area contributed by atoms with Crippen molar-refractivity contribution in [3.8, 4) is 16.5 Å². The third-order valence-electron chi connectivity index (χ3n) is 3.73. The van der Waals surface area contributed by atoms with E-state index in [1.54, 1.807) is 25.3 Å². The van der Waals surface area contributed by atoms with Gasteiger partial charge in [-0.2, -0.15) is 0 Å². The summed E-state index contributed by atoms with van der Waals surface area (Å²) in [7, 11) is 1.55. The number of allylic oxidation sites excluding steroid dienone is 1. The molecule has 3 rings (SSSR count). The quantitative estimate of drug-likeness (QED) is 0.244. The van der Waals surface area contributed by atoms with E-state index in [9.17, 15) is 9.59 Å². The molecule has 0 aliphatic heterocycles. The summed E-state index contributed by atoms with van der Waals surface area (Å²) in [6, 6.07) is 9.07. The lowest BCUT2D eigenvalue weighted by molar-refractivity contribution is -0.115. The predicted octanol–water partition coefficient (Wildman–Crippen LogP) is 2.72. The highest BCUT2D eigenvalue weighted by atomic mass is 32.1. The number of nitrogens with two attached hydrogens (primary N) is 1. The van der Waals surface area contributed by atoms with E-state index < -0.39 is 5.91 Å². The molecule has 0 saturated heterocycles. The lowest BCUT2D eigenvalue weighted by Gasteiger charge is -2.19. The Morgan fingerprint density at radius 2 is 2.08 bits per heavy atom. The highest BCUT2D eigenvalue weighted by Crippen LogP contribution is 2.33. The highest BCUT2D eigenvalue weighted by Gasteiger charge is 2.21. The molecule has 0 bridgehead atoms.